The fourth-order valence-corrected chi connectivity index (χ4v) is 1.72. The van der Waals surface area contributed by atoms with Crippen molar-refractivity contribution in [2.24, 2.45) is 0 Å². The summed E-state index contributed by atoms with van der Waals surface area (Å²) in [4.78, 5) is 26.8. The molecule has 0 bridgehead atoms. The Bertz CT molecular complexity index is 470. The van der Waals surface area contributed by atoms with E-state index in [0.717, 1.165) is 0 Å². The highest BCUT2D eigenvalue weighted by Gasteiger charge is 2.27. The molecule has 0 saturated carbocycles. The largest absolute Gasteiger partial charge is 0.345 e. The van der Waals surface area contributed by atoms with Gasteiger partial charge in [0.1, 0.15) is 5.70 Å². The summed E-state index contributed by atoms with van der Waals surface area (Å²) in [6.45, 7) is 0. The number of rotatable bonds is 3. The number of nitrogens with zero attached hydrogens (tertiary/aromatic N) is 2. The fourth-order valence-electron chi connectivity index (χ4n) is 1.31. The molecule has 1 aliphatic rings. The van der Waals surface area contributed by atoms with Gasteiger partial charge in [-0.25, -0.2) is 4.79 Å². The number of halogens is 1. The maximum Gasteiger partial charge on any atom is 0.345 e. The molecule has 2 heterocycles. The quantitative estimate of drug-likeness (QED) is 0.668. The summed E-state index contributed by atoms with van der Waals surface area (Å²) < 4.78 is 0. The second-order valence-corrected chi connectivity index (χ2v) is 3.63. The van der Waals surface area contributed by atoms with Gasteiger partial charge in [-0.2, -0.15) is 5.32 Å². The molecule has 2 amide bonds. The first-order valence-electron chi connectivity index (χ1n) is 4.49. The van der Waals surface area contributed by atoms with Crippen LogP contribution >= 0.6 is 15.9 Å². The summed E-state index contributed by atoms with van der Waals surface area (Å²) in [6, 6.07) is 2.66. The molecule has 1 N–H and O–H groups in total. The third-order valence-electron chi connectivity index (χ3n) is 2.05. The van der Waals surface area contributed by atoms with Crippen molar-refractivity contribution in [3.8, 4) is 0 Å². The molecule has 0 aliphatic carbocycles. The minimum Gasteiger partial charge on any atom is -0.307 e. The minimum absolute atomic E-state index is 0.160. The van der Waals surface area contributed by atoms with Crippen LogP contribution in [0.1, 0.15) is 10.4 Å². The highest BCUT2D eigenvalue weighted by Crippen LogP contribution is 2.15. The smallest absolute Gasteiger partial charge is 0.307 e. The van der Waals surface area contributed by atoms with Gasteiger partial charge in [-0.15, -0.1) is 0 Å². The Kier molecular flexibility index (Phi) is 3.00. The Morgan fingerprint density at radius 3 is 2.69 bits per heavy atom. The number of Topliss-reactive ketones (excluding diaryl/α,β-unsaturated/α-hetero) is 1. The van der Waals surface area contributed by atoms with Gasteiger partial charge in [-0.05, 0) is 12.1 Å². The SMILES string of the molecule is O=C1[N]C(C(=O)c2ccncc2)=C(CBr)N1. The Morgan fingerprint density at radius 1 is 1.38 bits per heavy atom. The Morgan fingerprint density at radius 2 is 2.06 bits per heavy atom. The summed E-state index contributed by atoms with van der Waals surface area (Å²) >= 11 is 3.19. The number of allylic oxidation sites excluding steroid dienone is 2. The van der Waals surface area contributed by atoms with E-state index in [1.807, 2.05) is 0 Å². The van der Waals surface area contributed by atoms with E-state index in [9.17, 15) is 9.59 Å². The van der Waals surface area contributed by atoms with Crippen LogP contribution in [0.3, 0.4) is 0 Å². The summed E-state index contributed by atoms with van der Waals surface area (Å²) in [5, 5.41) is 6.53. The average Bonchev–Trinajstić information content (AvgIpc) is 2.70. The predicted molar refractivity (Wildman–Crippen MR) is 60.1 cm³/mol. The Balaban J connectivity index is 2.32. The first kappa shape index (κ1) is 10.8. The zero-order chi connectivity index (χ0) is 11.5. The molecular formula is C10H7BrN3O2. The van der Waals surface area contributed by atoms with E-state index in [1.54, 1.807) is 12.1 Å². The second-order valence-electron chi connectivity index (χ2n) is 3.07. The lowest BCUT2D eigenvalue weighted by Gasteiger charge is -2.00. The molecule has 0 aromatic carbocycles. The fraction of sp³-hybridized carbons (Fsp3) is 0.100. The van der Waals surface area contributed by atoms with Crippen molar-refractivity contribution in [1.82, 2.24) is 15.6 Å². The van der Waals surface area contributed by atoms with Gasteiger partial charge in [0, 0.05) is 23.3 Å². The topological polar surface area (TPSA) is 73.2 Å². The molecule has 16 heavy (non-hydrogen) atoms. The third kappa shape index (κ3) is 1.96. The predicted octanol–water partition coefficient (Wildman–Crippen LogP) is 1.20. The molecule has 1 aromatic heterocycles. The van der Waals surface area contributed by atoms with Gasteiger partial charge in [0.15, 0.2) is 0 Å². The molecule has 0 unspecified atom stereocenters. The van der Waals surface area contributed by atoms with Crippen molar-refractivity contribution in [2.75, 3.05) is 5.33 Å². The third-order valence-corrected chi connectivity index (χ3v) is 2.61. The number of carbonyl (C=O) groups excluding carboxylic acids is 2. The molecular weight excluding hydrogens is 274 g/mol. The lowest BCUT2D eigenvalue weighted by atomic mass is 10.1. The van der Waals surface area contributed by atoms with Gasteiger partial charge in [-0.3, -0.25) is 9.78 Å². The lowest BCUT2D eigenvalue weighted by molar-refractivity contribution is 0.102. The number of amides is 2. The normalized spacial score (nSPS) is 14.7. The van der Waals surface area contributed by atoms with Crippen LogP contribution in [0.5, 0.6) is 0 Å². The van der Waals surface area contributed by atoms with Crippen molar-refractivity contribution >= 4 is 27.7 Å². The van der Waals surface area contributed by atoms with Gasteiger partial charge in [0.25, 0.3) is 0 Å². The maximum absolute atomic E-state index is 12.0. The molecule has 0 spiro atoms. The standard InChI is InChI=1S/C10H7BrN3O2/c11-5-7-8(14-10(16)13-7)9(15)6-1-3-12-4-2-6/h1-4H,5H2,(H,13,16). The number of alkyl halides is 1. The van der Waals surface area contributed by atoms with Gasteiger partial charge >= 0.3 is 6.03 Å². The van der Waals surface area contributed by atoms with Crippen molar-refractivity contribution in [3.63, 3.8) is 0 Å². The number of ketones is 1. The van der Waals surface area contributed by atoms with E-state index in [0.29, 0.717) is 16.6 Å². The molecule has 1 aliphatic heterocycles. The first-order valence-corrected chi connectivity index (χ1v) is 5.61. The molecule has 0 saturated heterocycles. The van der Waals surface area contributed by atoms with Gasteiger partial charge in [0.05, 0.1) is 5.70 Å². The van der Waals surface area contributed by atoms with E-state index >= 15 is 0 Å². The summed E-state index contributed by atoms with van der Waals surface area (Å²) in [5.74, 6) is -0.282. The highest BCUT2D eigenvalue weighted by molar-refractivity contribution is 9.09. The number of nitrogens with one attached hydrogen (secondary N) is 1. The summed E-state index contributed by atoms with van der Waals surface area (Å²) in [7, 11) is 0. The van der Waals surface area contributed by atoms with E-state index in [-0.39, 0.29) is 11.5 Å². The van der Waals surface area contributed by atoms with Crippen molar-refractivity contribution < 1.29 is 9.59 Å². The van der Waals surface area contributed by atoms with Crippen LogP contribution in [-0.2, 0) is 0 Å². The van der Waals surface area contributed by atoms with Crippen molar-refractivity contribution in [2.45, 2.75) is 0 Å². The number of hydrogen-bond acceptors (Lipinski definition) is 3. The molecule has 0 atom stereocenters. The van der Waals surface area contributed by atoms with Crippen LogP contribution in [0, 0.1) is 0 Å². The van der Waals surface area contributed by atoms with E-state index < -0.39 is 6.03 Å². The average molecular weight is 281 g/mol. The maximum atomic E-state index is 12.0. The van der Waals surface area contributed by atoms with Crippen LogP contribution in [0.15, 0.2) is 35.9 Å². The summed E-state index contributed by atoms with van der Waals surface area (Å²) in [5.41, 5.74) is 1.11. The van der Waals surface area contributed by atoms with Gasteiger partial charge in [0.2, 0.25) is 5.78 Å². The zero-order valence-corrected chi connectivity index (χ0v) is 9.69. The molecule has 0 fully saturated rings. The molecule has 1 aromatic rings. The molecule has 6 heteroatoms. The van der Waals surface area contributed by atoms with Crippen LogP contribution in [-0.4, -0.2) is 22.1 Å². The van der Waals surface area contributed by atoms with Crippen LogP contribution in [0.2, 0.25) is 0 Å². The van der Waals surface area contributed by atoms with Crippen LogP contribution in [0.25, 0.3) is 0 Å². The Labute approximate surface area is 100 Å². The molecule has 81 valence electrons. The highest BCUT2D eigenvalue weighted by atomic mass is 79.9. The van der Waals surface area contributed by atoms with Gasteiger partial charge < -0.3 is 5.32 Å². The van der Waals surface area contributed by atoms with E-state index in [2.05, 4.69) is 31.5 Å². The Hall–Kier alpha value is -1.69. The molecule has 5 nitrogen and oxygen atoms in total. The lowest BCUT2D eigenvalue weighted by Crippen LogP contribution is -2.19. The van der Waals surface area contributed by atoms with Gasteiger partial charge in [-0.1, -0.05) is 15.9 Å². The molecule has 1 radical (unpaired) electrons. The summed E-state index contributed by atoms with van der Waals surface area (Å²) in [6.07, 6.45) is 3.04. The molecule has 2 rings (SSSR count). The van der Waals surface area contributed by atoms with E-state index in [4.69, 9.17) is 0 Å². The minimum atomic E-state index is -0.508. The number of pyridine rings is 1. The number of aromatic nitrogens is 1. The second kappa shape index (κ2) is 4.44. The van der Waals surface area contributed by atoms with E-state index in [1.165, 1.54) is 12.4 Å². The number of hydrogen-bond donors (Lipinski definition) is 1. The van der Waals surface area contributed by atoms with Crippen molar-refractivity contribution in [3.05, 3.63) is 41.5 Å². The van der Waals surface area contributed by atoms with Crippen LogP contribution < -0.4 is 10.6 Å². The number of carbonyl (C=O) groups is 2. The van der Waals surface area contributed by atoms with Crippen molar-refractivity contribution in [1.29, 1.82) is 0 Å². The number of urea groups is 1. The monoisotopic (exact) mass is 280 g/mol. The van der Waals surface area contributed by atoms with Crippen LogP contribution in [0.4, 0.5) is 4.79 Å². The zero-order valence-electron chi connectivity index (χ0n) is 8.11. The first-order chi connectivity index (χ1) is 7.72.